The molecule has 1 aliphatic rings. The average Bonchev–Trinajstić information content (AvgIpc) is 2.73. The second-order valence-corrected chi connectivity index (χ2v) is 8.85. The van der Waals surface area contributed by atoms with Gasteiger partial charge in [0.1, 0.15) is 0 Å². The molecule has 8 heteroatoms. The number of nitrogens with zero attached hydrogens (tertiary/aromatic N) is 1. The number of aryl methyl sites for hydroxylation is 1. The van der Waals surface area contributed by atoms with Crippen molar-refractivity contribution in [2.45, 2.75) is 26.7 Å². The Morgan fingerprint density at radius 3 is 2.41 bits per heavy atom. The maximum absolute atomic E-state index is 12.6. The summed E-state index contributed by atoms with van der Waals surface area (Å²) in [5.74, 6) is -0.671. The lowest BCUT2D eigenvalue weighted by Crippen LogP contribution is -2.36. The largest absolute Gasteiger partial charge is 0.462 e. The van der Waals surface area contributed by atoms with Gasteiger partial charge in [0, 0.05) is 17.8 Å². The number of fused-ring (bicyclic) bond motifs is 1. The zero-order valence-corrected chi connectivity index (χ0v) is 17.3. The summed E-state index contributed by atoms with van der Waals surface area (Å²) in [5, 5.41) is 2.79. The maximum Gasteiger partial charge on any atom is 0.338 e. The van der Waals surface area contributed by atoms with Gasteiger partial charge in [-0.1, -0.05) is 0 Å². The average molecular weight is 416 g/mol. The predicted octanol–water partition coefficient (Wildman–Crippen LogP) is 3.22. The number of sulfonamides is 1. The van der Waals surface area contributed by atoms with E-state index in [2.05, 4.69) is 5.32 Å². The first-order valence-corrected chi connectivity index (χ1v) is 11.2. The van der Waals surface area contributed by atoms with Gasteiger partial charge in [-0.05, 0) is 74.7 Å². The summed E-state index contributed by atoms with van der Waals surface area (Å²) in [6.07, 6.45) is 1.44. The van der Waals surface area contributed by atoms with Crippen molar-refractivity contribution in [3.8, 4) is 0 Å². The minimum Gasteiger partial charge on any atom is -0.462 e. The summed E-state index contributed by atoms with van der Waals surface area (Å²) >= 11 is 0. The molecular weight excluding hydrogens is 392 g/mol. The first kappa shape index (κ1) is 20.9. The van der Waals surface area contributed by atoms with Gasteiger partial charge in [0.25, 0.3) is 5.91 Å². The van der Waals surface area contributed by atoms with E-state index in [0.29, 0.717) is 42.1 Å². The highest BCUT2D eigenvalue weighted by Crippen LogP contribution is 2.30. The van der Waals surface area contributed by atoms with Gasteiger partial charge in [-0.2, -0.15) is 0 Å². The van der Waals surface area contributed by atoms with E-state index in [4.69, 9.17) is 4.74 Å². The molecule has 0 unspecified atom stereocenters. The maximum atomic E-state index is 12.6. The fraction of sp³-hybridized carbons (Fsp3) is 0.333. The third kappa shape index (κ3) is 4.59. The van der Waals surface area contributed by atoms with E-state index >= 15 is 0 Å². The lowest BCUT2D eigenvalue weighted by Gasteiger charge is -2.30. The van der Waals surface area contributed by atoms with Gasteiger partial charge in [-0.3, -0.25) is 9.10 Å². The van der Waals surface area contributed by atoms with Crippen molar-refractivity contribution in [2.75, 3.05) is 28.5 Å². The van der Waals surface area contributed by atoms with Crippen LogP contribution in [0.15, 0.2) is 42.5 Å². The molecule has 0 atom stereocenters. The molecule has 0 aliphatic carbocycles. The third-order valence-electron chi connectivity index (χ3n) is 4.77. The van der Waals surface area contributed by atoms with Gasteiger partial charge in [0.05, 0.1) is 23.6 Å². The van der Waals surface area contributed by atoms with Crippen LogP contribution in [0.3, 0.4) is 0 Å². The van der Waals surface area contributed by atoms with Crippen LogP contribution < -0.4 is 9.62 Å². The zero-order chi connectivity index (χ0) is 21.0. The summed E-state index contributed by atoms with van der Waals surface area (Å²) < 4.78 is 31.0. The molecule has 154 valence electrons. The molecule has 0 aromatic heterocycles. The number of ether oxygens (including phenoxy) is 1. The van der Waals surface area contributed by atoms with Gasteiger partial charge in [-0.15, -0.1) is 0 Å². The van der Waals surface area contributed by atoms with E-state index in [9.17, 15) is 18.0 Å². The van der Waals surface area contributed by atoms with Crippen molar-refractivity contribution in [1.29, 1.82) is 0 Å². The minimum atomic E-state index is -3.34. The molecule has 29 heavy (non-hydrogen) atoms. The number of amides is 1. The van der Waals surface area contributed by atoms with Gasteiger partial charge in [0.2, 0.25) is 10.0 Å². The van der Waals surface area contributed by atoms with E-state index in [0.717, 1.165) is 12.0 Å². The molecule has 7 nitrogen and oxygen atoms in total. The molecule has 2 aromatic carbocycles. The fourth-order valence-corrected chi connectivity index (χ4v) is 4.45. The van der Waals surface area contributed by atoms with Gasteiger partial charge >= 0.3 is 5.97 Å². The van der Waals surface area contributed by atoms with Crippen LogP contribution >= 0.6 is 0 Å². The molecule has 3 rings (SSSR count). The molecule has 1 aliphatic heterocycles. The Morgan fingerprint density at radius 2 is 1.76 bits per heavy atom. The Labute approximate surface area is 170 Å². The molecule has 1 N–H and O–H groups in total. The van der Waals surface area contributed by atoms with E-state index in [1.165, 1.54) is 4.31 Å². The smallest absolute Gasteiger partial charge is 0.338 e. The number of hydrogen-bond acceptors (Lipinski definition) is 5. The summed E-state index contributed by atoms with van der Waals surface area (Å²) in [4.78, 5) is 24.3. The highest BCUT2D eigenvalue weighted by Gasteiger charge is 2.26. The Kier molecular flexibility index (Phi) is 6.22. The van der Waals surface area contributed by atoms with Gasteiger partial charge in [0.15, 0.2) is 0 Å². The molecule has 1 heterocycles. The number of anilines is 2. The summed E-state index contributed by atoms with van der Waals surface area (Å²) in [6.45, 7) is 4.12. The van der Waals surface area contributed by atoms with E-state index in [-0.39, 0.29) is 11.7 Å². The topological polar surface area (TPSA) is 92.8 Å². The van der Waals surface area contributed by atoms with Crippen LogP contribution in [-0.2, 0) is 21.2 Å². The fourth-order valence-electron chi connectivity index (χ4n) is 3.26. The minimum absolute atomic E-state index is 0.0382. The summed E-state index contributed by atoms with van der Waals surface area (Å²) in [5.41, 5.74) is 2.91. The van der Waals surface area contributed by atoms with Crippen LogP contribution in [0.2, 0.25) is 0 Å². The first-order chi connectivity index (χ1) is 13.9. The van der Waals surface area contributed by atoms with Gasteiger partial charge in [-0.25, -0.2) is 13.2 Å². The standard InChI is InChI=1S/C21H24N2O5S/c1-3-28-21(25)15-7-10-18(11-8-15)22-20(24)17-9-12-19-16(14-17)6-5-13-23(19)29(26,27)4-2/h7-12,14H,3-6,13H2,1-2H3,(H,22,24). The first-order valence-electron chi connectivity index (χ1n) is 9.57. The van der Waals surface area contributed by atoms with Crippen LogP contribution in [0.4, 0.5) is 11.4 Å². The molecule has 0 saturated carbocycles. The highest BCUT2D eigenvalue weighted by molar-refractivity contribution is 7.92. The molecule has 2 aromatic rings. The molecule has 0 spiro atoms. The van der Waals surface area contributed by atoms with Crippen LogP contribution in [0.1, 0.15) is 46.5 Å². The number of carbonyl (C=O) groups is 2. The number of nitrogens with one attached hydrogen (secondary N) is 1. The van der Waals surface area contributed by atoms with E-state index in [1.54, 1.807) is 56.3 Å². The number of hydrogen-bond donors (Lipinski definition) is 1. The molecule has 0 fully saturated rings. The summed E-state index contributed by atoms with van der Waals surface area (Å²) in [6, 6.07) is 11.5. The summed E-state index contributed by atoms with van der Waals surface area (Å²) in [7, 11) is -3.34. The van der Waals surface area contributed by atoms with Crippen molar-refractivity contribution < 1.29 is 22.7 Å². The second kappa shape index (κ2) is 8.65. The van der Waals surface area contributed by atoms with E-state index in [1.807, 2.05) is 0 Å². The zero-order valence-electron chi connectivity index (χ0n) is 16.5. The van der Waals surface area contributed by atoms with Crippen LogP contribution in [-0.4, -0.2) is 39.2 Å². The highest BCUT2D eigenvalue weighted by atomic mass is 32.2. The van der Waals surface area contributed by atoms with Crippen LogP contribution in [0.25, 0.3) is 0 Å². The number of rotatable bonds is 6. The monoisotopic (exact) mass is 416 g/mol. The second-order valence-electron chi connectivity index (χ2n) is 6.67. The molecule has 0 radical (unpaired) electrons. The van der Waals surface area contributed by atoms with Crippen molar-refractivity contribution in [3.05, 3.63) is 59.2 Å². The molecule has 0 bridgehead atoms. The third-order valence-corrected chi connectivity index (χ3v) is 6.55. The lowest BCUT2D eigenvalue weighted by atomic mass is 10.0. The Hall–Kier alpha value is -2.87. The Bertz CT molecular complexity index is 1020. The van der Waals surface area contributed by atoms with Gasteiger partial charge < -0.3 is 10.1 Å². The Balaban J connectivity index is 1.76. The number of carbonyl (C=O) groups excluding carboxylic acids is 2. The molecular formula is C21H24N2O5S. The van der Waals surface area contributed by atoms with Crippen LogP contribution in [0, 0.1) is 0 Å². The SMILES string of the molecule is CCOC(=O)c1ccc(NC(=O)c2ccc3c(c2)CCCN3S(=O)(=O)CC)cc1. The van der Waals surface area contributed by atoms with Crippen molar-refractivity contribution in [2.24, 2.45) is 0 Å². The van der Waals surface area contributed by atoms with Crippen molar-refractivity contribution >= 4 is 33.3 Å². The van der Waals surface area contributed by atoms with Crippen LogP contribution in [0.5, 0.6) is 0 Å². The molecule has 1 amide bonds. The molecule has 0 saturated heterocycles. The van der Waals surface area contributed by atoms with Crippen molar-refractivity contribution in [3.63, 3.8) is 0 Å². The number of benzene rings is 2. The quantitative estimate of drug-likeness (QED) is 0.730. The number of esters is 1. The van der Waals surface area contributed by atoms with Crippen molar-refractivity contribution in [1.82, 2.24) is 0 Å². The Morgan fingerprint density at radius 1 is 1.07 bits per heavy atom. The van der Waals surface area contributed by atoms with E-state index < -0.39 is 16.0 Å². The normalized spacial score (nSPS) is 13.5. The predicted molar refractivity (Wildman–Crippen MR) is 112 cm³/mol. The lowest BCUT2D eigenvalue weighted by molar-refractivity contribution is 0.0526.